The monoisotopic (exact) mass is 366 g/mol. The lowest BCUT2D eigenvalue weighted by atomic mass is 9.90. The van der Waals surface area contributed by atoms with E-state index in [4.69, 9.17) is 4.74 Å². The van der Waals surface area contributed by atoms with Crippen LogP contribution < -0.4 is 0 Å². The largest absolute Gasteiger partial charge is 0.495 e. The number of aliphatic hydroxyl groups is 2. The maximum Gasteiger partial charge on any atom is 0.305 e. The minimum Gasteiger partial charge on any atom is -0.495 e. The lowest BCUT2D eigenvalue weighted by molar-refractivity contribution is -0.140. The van der Waals surface area contributed by atoms with Gasteiger partial charge in [-0.3, -0.25) is 4.79 Å². The fourth-order valence-corrected chi connectivity index (χ4v) is 3.95. The Labute approximate surface area is 157 Å². The Morgan fingerprint density at radius 1 is 1.38 bits per heavy atom. The molecule has 0 aromatic carbocycles. The summed E-state index contributed by atoms with van der Waals surface area (Å²) in [6.07, 6.45) is 12.7. The zero-order valence-corrected chi connectivity index (χ0v) is 16.1. The normalized spacial score (nSPS) is 30.5. The molecular weight excluding hydrogens is 332 g/mol. The number of hydrogen-bond acceptors (Lipinski definition) is 5. The molecule has 1 saturated heterocycles. The van der Waals surface area contributed by atoms with Crippen molar-refractivity contribution in [3.63, 3.8) is 0 Å². The van der Waals surface area contributed by atoms with Crippen LogP contribution in [0, 0.1) is 11.8 Å². The number of methoxy groups -OCH3 is 1. The minimum atomic E-state index is -0.427. The van der Waals surface area contributed by atoms with Crippen molar-refractivity contribution in [2.75, 3.05) is 7.11 Å². The number of aliphatic hydroxyl groups excluding tert-OH is 2. The van der Waals surface area contributed by atoms with Gasteiger partial charge >= 0.3 is 5.97 Å². The van der Waals surface area contributed by atoms with Gasteiger partial charge in [-0.15, -0.1) is 0 Å². The smallest absolute Gasteiger partial charge is 0.305 e. The van der Waals surface area contributed by atoms with Crippen LogP contribution in [0.25, 0.3) is 0 Å². The van der Waals surface area contributed by atoms with E-state index in [9.17, 15) is 15.0 Å². The topological polar surface area (TPSA) is 76.0 Å². The third kappa shape index (κ3) is 6.13. The molecule has 5 atom stereocenters. The highest BCUT2D eigenvalue weighted by atomic mass is 16.5. The van der Waals surface area contributed by atoms with E-state index >= 15 is 0 Å². The maximum absolute atomic E-state index is 11.1. The Kier molecular flexibility index (Phi) is 8.66. The molecule has 5 nitrogen and oxygen atoms in total. The van der Waals surface area contributed by atoms with Crippen LogP contribution in [0.3, 0.4) is 0 Å². The zero-order valence-electron chi connectivity index (χ0n) is 16.1. The Bertz CT molecular complexity index is 499. The number of allylic oxidation sites excluding steroid dienone is 2. The number of esters is 1. The van der Waals surface area contributed by atoms with Crippen molar-refractivity contribution in [2.24, 2.45) is 11.8 Å². The van der Waals surface area contributed by atoms with E-state index in [2.05, 4.69) is 17.7 Å². The minimum absolute atomic E-state index is 0.0433. The molecule has 1 heterocycles. The Hall–Kier alpha value is -1.33. The summed E-state index contributed by atoms with van der Waals surface area (Å²) < 4.78 is 10.6. The van der Waals surface area contributed by atoms with Crippen LogP contribution in [0.15, 0.2) is 24.0 Å². The molecule has 0 spiro atoms. The van der Waals surface area contributed by atoms with Crippen LogP contribution in [0.2, 0.25) is 0 Å². The SMILES string of the molecule is CCCCC[C@H](O)/C=C/[C@H]1[C@@H]2C/C(=C/CCCC(=O)OC)O[C@@H]2C[C@@H]1O. The zero-order chi connectivity index (χ0) is 18.9. The molecule has 26 heavy (non-hydrogen) atoms. The lowest BCUT2D eigenvalue weighted by Crippen LogP contribution is -2.18. The Morgan fingerprint density at radius 2 is 2.19 bits per heavy atom. The molecule has 1 aliphatic heterocycles. The van der Waals surface area contributed by atoms with Gasteiger partial charge in [0.25, 0.3) is 0 Å². The van der Waals surface area contributed by atoms with Crippen LogP contribution >= 0.6 is 0 Å². The molecule has 2 aliphatic rings. The van der Waals surface area contributed by atoms with Crippen molar-refractivity contribution >= 4 is 5.97 Å². The predicted octanol–water partition coefficient (Wildman–Crippen LogP) is 3.50. The summed E-state index contributed by atoms with van der Waals surface area (Å²) in [6, 6.07) is 0. The molecule has 0 unspecified atom stereocenters. The summed E-state index contributed by atoms with van der Waals surface area (Å²) in [7, 11) is 1.40. The van der Waals surface area contributed by atoms with E-state index in [-0.39, 0.29) is 23.9 Å². The van der Waals surface area contributed by atoms with E-state index in [1.165, 1.54) is 7.11 Å². The third-order valence-electron chi connectivity index (χ3n) is 5.47. The fraction of sp³-hybridized carbons (Fsp3) is 0.762. The Morgan fingerprint density at radius 3 is 2.92 bits per heavy atom. The van der Waals surface area contributed by atoms with Gasteiger partial charge in [0, 0.05) is 31.1 Å². The van der Waals surface area contributed by atoms with Crippen molar-refractivity contribution in [1.29, 1.82) is 0 Å². The summed E-state index contributed by atoms with van der Waals surface area (Å²) in [6.45, 7) is 2.15. The van der Waals surface area contributed by atoms with Gasteiger partial charge in [-0.05, 0) is 25.3 Å². The van der Waals surface area contributed by atoms with Crippen LogP contribution in [0.1, 0.15) is 64.7 Å². The summed E-state index contributed by atoms with van der Waals surface area (Å²) in [5.41, 5.74) is 0. The Balaban J connectivity index is 1.81. The first kappa shape index (κ1) is 21.0. The molecule has 1 aliphatic carbocycles. The molecular formula is C21H34O5. The molecule has 1 saturated carbocycles. The molecule has 0 aromatic heterocycles. The van der Waals surface area contributed by atoms with Gasteiger partial charge in [-0.25, -0.2) is 0 Å². The van der Waals surface area contributed by atoms with E-state index < -0.39 is 12.2 Å². The summed E-state index contributed by atoms with van der Waals surface area (Å²) >= 11 is 0. The van der Waals surface area contributed by atoms with Gasteiger partial charge in [0.2, 0.25) is 0 Å². The van der Waals surface area contributed by atoms with Gasteiger partial charge < -0.3 is 19.7 Å². The number of ether oxygens (including phenoxy) is 2. The van der Waals surface area contributed by atoms with Gasteiger partial charge in [0.1, 0.15) is 6.10 Å². The van der Waals surface area contributed by atoms with E-state index in [0.29, 0.717) is 12.8 Å². The first-order valence-corrected chi connectivity index (χ1v) is 10.0. The maximum atomic E-state index is 11.1. The van der Waals surface area contributed by atoms with Crippen molar-refractivity contribution in [2.45, 2.75) is 83.0 Å². The average molecular weight is 366 g/mol. The van der Waals surface area contributed by atoms with Crippen LogP contribution in [-0.4, -0.2) is 41.6 Å². The van der Waals surface area contributed by atoms with Crippen molar-refractivity contribution < 1.29 is 24.5 Å². The molecule has 0 amide bonds. The second-order valence-corrected chi connectivity index (χ2v) is 7.49. The molecule has 148 valence electrons. The second-order valence-electron chi connectivity index (χ2n) is 7.49. The molecule has 2 fully saturated rings. The van der Waals surface area contributed by atoms with Crippen LogP contribution in [0.5, 0.6) is 0 Å². The molecule has 5 heteroatoms. The van der Waals surface area contributed by atoms with Gasteiger partial charge in [0.05, 0.1) is 25.1 Å². The van der Waals surface area contributed by atoms with Crippen molar-refractivity contribution in [3.05, 3.63) is 24.0 Å². The number of rotatable bonds is 10. The first-order valence-electron chi connectivity index (χ1n) is 10.0. The number of carbonyl (C=O) groups excluding carboxylic acids is 1. The quantitative estimate of drug-likeness (QED) is 0.352. The molecule has 2 N–H and O–H groups in total. The van der Waals surface area contributed by atoms with Crippen molar-refractivity contribution in [1.82, 2.24) is 0 Å². The standard InChI is InChI=1S/C21H34O5/c1-3-4-5-8-15(22)11-12-17-18-13-16(26-20(18)14-19(17)23)9-6-7-10-21(24)25-2/h9,11-12,15,17-20,22-23H,3-8,10,13-14H2,1-2H3/b12-11+,16-9-/t15-,17-,18-,19-,20+/m0/s1. The number of unbranched alkanes of at least 4 members (excludes halogenated alkanes) is 3. The van der Waals surface area contributed by atoms with Gasteiger partial charge in [0.15, 0.2) is 0 Å². The van der Waals surface area contributed by atoms with E-state index in [1.807, 2.05) is 12.2 Å². The molecule has 0 bridgehead atoms. The van der Waals surface area contributed by atoms with Crippen molar-refractivity contribution in [3.8, 4) is 0 Å². The molecule has 0 aromatic rings. The fourth-order valence-electron chi connectivity index (χ4n) is 3.95. The van der Waals surface area contributed by atoms with E-state index in [0.717, 1.165) is 50.7 Å². The average Bonchev–Trinajstić information content (AvgIpc) is 3.13. The van der Waals surface area contributed by atoms with Gasteiger partial charge in [-0.2, -0.15) is 0 Å². The summed E-state index contributed by atoms with van der Waals surface area (Å²) in [5.74, 6) is 1.11. The predicted molar refractivity (Wildman–Crippen MR) is 100 cm³/mol. The molecule has 2 rings (SSSR count). The lowest BCUT2D eigenvalue weighted by Gasteiger charge is -2.16. The number of carbonyl (C=O) groups is 1. The summed E-state index contributed by atoms with van der Waals surface area (Å²) in [5, 5.41) is 20.4. The highest BCUT2D eigenvalue weighted by Crippen LogP contribution is 2.45. The summed E-state index contributed by atoms with van der Waals surface area (Å²) in [4.78, 5) is 11.1. The van der Waals surface area contributed by atoms with Gasteiger partial charge in [-0.1, -0.05) is 38.3 Å². The number of fused-ring (bicyclic) bond motifs is 1. The second kappa shape index (κ2) is 10.7. The number of hydrogen-bond donors (Lipinski definition) is 2. The first-order chi connectivity index (χ1) is 12.5. The van der Waals surface area contributed by atoms with E-state index in [1.54, 1.807) is 0 Å². The molecule has 0 radical (unpaired) electrons. The third-order valence-corrected chi connectivity index (χ3v) is 5.47. The van der Waals surface area contributed by atoms with Crippen LogP contribution in [0.4, 0.5) is 0 Å². The highest BCUT2D eigenvalue weighted by Gasteiger charge is 2.46. The highest BCUT2D eigenvalue weighted by molar-refractivity contribution is 5.69. The van der Waals surface area contributed by atoms with Crippen LogP contribution in [-0.2, 0) is 14.3 Å².